The number of carbonyl (C=O) groups is 1. The van der Waals surface area contributed by atoms with Gasteiger partial charge in [0.15, 0.2) is 11.5 Å². The molecule has 1 aliphatic heterocycles. The fourth-order valence-electron chi connectivity index (χ4n) is 2.65. The summed E-state index contributed by atoms with van der Waals surface area (Å²) in [5.74, 6) is 1.63. The van der Waals surface area contributed by atoms with Crippen molar-refractivity contribution in [1.29, 1.82) is 0 Å². The maximum atomic E-state index is 11.7. The average Bonchev–Trinajstić information content (AvgIpc) is 3.25. The molecule has 5 heteroatoms. The van der Waals surface area contributed by atoms with Crippen LogP contribution in [-0.2, 0) is 5.41 Å². The zero-order valence-corrected chi connectivity index (χ0v) is 12.6. The summed E-state index contributed by atoms with van der Waals surface area (Å²) >= 11 is 0. The quantitative estimate of drug-likeness (QED) is 0.893. The molecule has 5 nitrogen and oxygen atoms in total. The van der Waals surface area contributed by atoms with Crippen molar-refractivity contribution in [2.45, 2.75) is 38.1 Å². The number of fused-ring (bicyclic) bond motifs is 1. The Hall–Kier alpha value is -1.91. The molecule has 2 aliphatic rings. The molecule has 0 unspecified atom stereocenters. The Morgan fingerprint density at radius 3 is 2.62 bits per heavy atom. The van der Waals surface area contributed by atoms with E-state index in [2.05, 4.69) is 22.8 Å². The van der Waals surface area contributed by atoms with Gasteiger partial charge in [0.2, 0.25) is 0 Å². The van der Waals surface area contributed by atoms with Crippen molar-refractivity contribution in [2.75, 3.05) is 19.8 Å². The molecular formula is C16H22N2O3. The first-order valence-corrected chi connectivity index (χ1v) is 7.54. The van der Waals surface area contributed by atoms with Crippen LogP contribution in [0.2, 0.25) is 0 Å². The summed E-state index contributed by atoms with van der Waals surface area (Å²) in [4.78, 5) is 11.7. The predicted molar refractivity (Wildman–Crippen MR) is 80.0 cm³/mol. The summed E-state index contributed by atoms with van der Waals surface area (Å²) in [6.45, 7) is 5.76. The Morgan fingerprint density at radius 1 is 1.24 bits per heavy atom. The number of rotatable bonds is 4. The van der Waals surface area contributed by atoms with E-state index in [0.29, 0.717) is 19.8 Å². The molecule has 2 N–H and O–H groups in total. The van der Waals surface area contributed by atoms with E-state index in [9.17, 15) is 4.79 Å². The molecule has 0 saturated heterocycles. The molecule has 1 aliphatic carbocycles. The highest BCUT2D eigenvalue weighted by atomic mass is 16.6. The first kappa shape index (κ1) is 14.0. The molecule has 21 heavy (non-hydrogen) atoms. The molecule has 0 aromatic heterocycles. The lowest BCUT2D eigenvalue weighted by Crippen LogP contribution is -2.42. The van der Waals surface area contributed by atoms with Crippen molar-refractivity contribution in [3.8, 4) is 11.5 Å². The summed E-state index contributed by atoms with van der Waals surface area (Å²) in [5, 5.41) is 5.82. The van der Waals surface area contributed by atoms with Gasteiger partial charge in [0, 0.05) is 18.0 Å². The molecular weight excluding hydrogens is 268 g/mol. The lowest BCUT2D eigenvalue weighted by atomic mass is 9.95. The predicted octanol–water partition coefficient (Wildman–Crippen LogP) is 2.20. The lowest BCUT2D eigenvalue weighted by Gasteiger charge is -2.22. The van der Waals surface area contributed by atoms with Gasteiger partial charge in [-0.1, -0.05) is 6.07 Å². The van der Waals surface area contributed by atoms with Crippen LogP contribution >= 0.6 is 0 Å². The van der Waals surface area contributed by atoms with E-state index >= 15 is 0 Å². The summed E-state index contributed by atoms with van der Waals surface area (Å²) in [7, 11) is 0. The summed E-state index contributed by atoms with van der Waals surface area (Å²) in [6.07, 6.45) is 2.18. The van der Waals surface area contributed by atoms with Crippen LogP contribution in [0.15, 0.2) is 18.2 Å². The van der Waals surface area contributed by atoms with E-state index < -0.39 is 0 Å². The standard InChI is InChI=1S/C16H22N2O3/c1-11(2)18-15(19)17-10-16(5-6-16)12-3-4-13-14(9-12)21-8-7-20-13/h3-4,9,11H,5-8,10H2,1-2H3,(H2,17,18,19). The number of amides is 2. The monoisotopic (exact) mass is 290 g/mol. The maximum absolute atomic E-state index is 11.7. The van der Waals surface area contributed by atoms with Crippen molar-refractivity contribution in [3.63, 3.8) is 0 Å². The summed E-state index contributed by atoms with van der Waals surface area (Å²) in [5.41, 5.74) is 1.28. The van der Waals surface area contributed by atoms with E-state index in [1.165, 1.54) is 5.56 Å². The lowest BCUT2D eigenvalue weighted by molar-refractivity contribution is 0.171. The molecule has 0 radical (unpaired) electrons. The van der Waals surface area contributed by atoms with Crippen LogP contribution in [0.25, 0.3) is 0 Å². The molecule has 0 spiro atoms. The average molecular weight is 290 g/mol. The molecule has 114 valence electrons. The van der Waals surface area contributed by atoms with Crippen molar-refractivity contribution < 1.29 is 14.3 Å². The van der Waals surface area contributed by atoms with E-state index in [1.54, 1.807) is 0 Å². The number of benzene rings is 1. The summed E-state index contributed by atoms with van der Waals surface area (Å²) in [6, 6.07) is 6.16. The Balaban J connectivity index is 1.67. The Morgan fingerprint density at radius 2 is 1.95 bits per heavy atom. The maximum Gasteiger partial charge on any atom is 0.315 e. The zero-order valence-electron chi connectivity index (χ0n) is 12.6. The Bertz CT molecular complexity index is 538. The molecule has 1 fully saturated rings. The van der Waals surface area contributed by atoms with Crippen LogP contribution in [0, 0.1) is 0 Å². The number of hydrogen-bond donors (Lipinski definition) is 2. The minimum absolute atomic E-state index is 0.0597. The normalized spacial score (nSPS) is 18.2. The number of nitrogens with one attached hydrogen (secondary N) is 2. The molecule has 0 atom stereocenters. The van der Waals surface area contributed by atoms with Crippen LogP contribution in [-0.4, -0.2) is 31.8 Å². The van der Waals surface area contributed by atoms with Gasteiger partial charge in [-0.2, -0.15) is 0 Å². The van der Waals surface area contributed by atoms with Crippen LogP contribution in [0.5, 0.6) is 11.5 Å². The zero-order chi connectivity index (χ0) is 14.9. The van der Waals surface area contributed by atoms with Gasteiger partial charge >= 0.3 is 6.03 Å². The minimum Gasteiger partial charge on any atom is -0.486 e. The van der Waals surface area contributed by atoms with E-state index in [0.717, 1.165) is 24.3 Å². The van der Waals surface area contributed by atoms with Crippen LogP contribution in [0.1, 0.15) is 32.3 Å². The Kier molecular flexibility index (Phi) is 3.66. The van der Waals surface area contributed by atoms with Gasteiger partial charge < -0.3 is 20.1 Å². The smallest absolute Gasteiger partial charge is 0.315 e. The van der Waals surface area contributed by atoms with Crippen LogP contribution in [0.3, 0.4) is 0 Å². The molecule has 1 aromatic rings. The second kappa shape index (κ2) is 5.47. The fraction of sp³-hybridized carbons (Fsp3) is 0.562. The van der Waals surface area contributed by atoms with Gasteiger partial charge in [0.05, 0.1) is 0 Å². The third-order valence-corrected chi connectivity index (χ3v) is 4.02. The second-order valence-electron chi connectivity index (χ2n) is 6.12. The number of ether oxygens (including phenoxy) is 2. The van der Waals surface area contributed by atoms with Crippen LogP contribution < -0.4 is 20.1 Å². The van der Waals surface area contributed by atoms with Gasteiger partial charge in [0.25, 0.3) is 0 Å². The molecule has 2 amide bonds. The summed E-state index contributed by atoms with van der Waals surface area (Å²) < 4.78 is 11.2. The van der Waals surface area contributed by atoms with Crippen molar-refractivity contribution in [1.82, 2.24) is 10.6 Å². The topological polar surface area (TPSA) is 59.6 Å². The fourth-order valence-corrected chi connectivity index (χ4v) is 2.65. The van der Waals surface area contributed by atoms with E-state index in [-0.39, 0.29) is 17.5 Å². The highest BCUT2D eigenvalue weighted by Crippen LogP contribution is 2.49. The van der Waals surface area contributed by atoms with E-state index in [4.69, 9.17) is 9.47 Å². The second-order valence-corrected chi connectivity index (χ2v) is 6.12. The van der Waals surface area contributed by atoms with Crippen molar-refractivity contribution >= 4 is 6.03 Å². The van der Waals surface area contributed by atoms with Gasteiger partial charge in [-0.15, -0.1) is 0 Å². The number of urea groups is 1. The number of carbonyl (C=O) groups excluding carboxylic acids is 1. The molecule has 1 heterocycles. The van der Waals surface area contributed by atoms with Gasteiger partial charge in [0.1, 0.15) is 13.2 Å². The minimum atomic E-state index is -0.103. The third-order valence-electron chi connectivity index (χ3n) is 4.02. The van der Waals surface area contributed by atoms with Crippen molar-refractivity contribution in [2.24, 2.45) is 0 Å². The third kappa shape index (κ3) is 3.06. The molecule has 0 bridgehead atoms. The van der Waals surface area contributed by atoms with Gasteiger partial charge in [-0.25, -0.2) is 4.79 Å². The van der Waals surface area contributed by atoms with Crippen LogP contribution in [0.4, 0.5) is 4.79 Å². The van der Waals surface area contributed by atoms with E-state index in [1.807, 2.05) is 19.9 Å². The van der Waals surface area contributed by atoms with Crippen molar-refractivity contribution in [3.05, 3.63) is 23.8 Å². The largest absolute Gasteiger partial charge is 0.486 e. The van der Waals surface area contributed by atoms with Gasteiger partial charge in [-0.05, 0) is 44.4 Å². The first-order valence-electron chi connectivity index (χ1n) is 7.54. The SMILES string of the molecule is CC(C)NC(=O)NCC1(c2ccc3c(c2)OCCO3)CC1. The first-order chi connectivity index (χ1) is 10.1. The number of hydrogen-bond acceptors (Lipinski definition) is 3. The highest BCUT2D eigenvalue weighted by Gasteiger charge is 2.44. The molecule has 1 aromatic carbocycles. The Labute approximate surface area is 125 Å². The molecule has 3 rings (SSSR count). The van der Waals surface area contributed by atoms with Gasteiger partial charge in [-0.3, -0.25) is 0 Å². The highest BCUT2D eigenvalue weighted by molar-refractivity contribution is 5.74. The molecule has 1 saturated carbocycles.